The van der Waals surface area contributed by atoms with Crippen molar-refractivity contribution in [2.24, 2.45) is 0 Å². The van der Waals surface area contributed by atoms with E-state index in [0.29, 0.717) is 10.9 Å². The Labute approximate surface area is 145 Å². The molecule has 8 nitrogen and oxygen atoms in total. The number of nitrogens with zero attached hydrogens (tertiary/aromatic N) is 1. The maximum absolute atomic E-state index is 12.3. The van der Waals surface area contributed by atoms with Gasteiger partial charge in [-0.15, -0.1) is 0 Å². The van der Waals surface area contributed by atoms with Crippen molar-refractivity contribution in [1.82, 2.24) is 9.88 Å². The topological polar surface area (TPSA) is 118 Å². The molecule has 26 heavy (non-hydrogen) atoms. The highest BCUT2D eigenvalue weighted by Crippen LogP contribution is 2.23. The van der Waals surface area contributed by atoms with Crippen LogP contribution < -0.4 is 10.0 Å². The molecule has 12 heteroatoms. The number of carboxylic acids is 1. The molecule has 3 N–H and O–H groups in total. The molecule has 0 aliphatic heterocycles. The molecule has 1 aromatic heterocycles. The lowest BCUT2D eigenvalue weighted by molar-refractivity contribution is -0.138. The molecule has 142 valence electrons. The first-order valence-electron chi connectivity index (χ1n) is 7.10. The highest BCUT2D eigenvalue weighted by Gasteiger charge is 2.35. The van der Waals surface area contributed by atoms with Crippen molar-refractivity contribution in [2.75, 3.05) is 17.0 Å². The van der Waals surface area contributed by atoms with E-state index in [2.05, 4.69) is 5.32 Å². The summed E-state index contributed by atoms with van der Waals surface area (Å²) in [5.41, 5.74) is 0.301. The first-order chi connectivity index (χ1) is 12.0. The van der Waals surface area contributed by atoms with Crippen LogP contribution in [0.25, 0.3) is 10.9 Å². The number of nitrogens with one attached hydrogen (secondary N) is 2. The van der Waals surface area contributed by atoms with Gasteiger partial charge in [0.15, 0.2) is 5.75 Å². The van der Waals surface area contributed by atoms with Crippen LogP contribution in [-0.2, 0) is 26.2 Å². The number of rotatable bonds is 7. The molecule has 0 aliphatic carbocycles. The molecule has 1 amide bonds. The molecule has 0 bridgehead atoms. The zero-order valence-electron chi connectivity index (χ0n) is 13.1. The number of aromatic nitrogens is 1. The smallest absolute Gasteiger partial charge is 0.404 e. The number of benzene rings is 1. The molecule has 1 aromatic carbocycles. The molecule has 2 aromatic rings. The van der Waals surface area contributed by atoms with Gasteiger partial charge in [0, 0.05) is 6.20 Å². The summed E-state index contributed by atoms with van der Waals surface area (Å²) in [5, 5.41) is 11.3. The fourth-order valence-corrected chi connectivity index (χ4v) is 3.19. The van der Waals surface area contributed by atoms with Crippen LogP contribution in [0.5, 0.6) is 0 Å². The van der Waals surface area contributed by atoms with Gasteiger partial charge in [0.05, 0.1) is 11.2 Å². The minimum atomic E-state index is -4.88. The van der Waals surface area contributed by atoms with E-state index in [1.807, 2.05) is 4.72 Å². The number of fused-ring (bicyclic) bond motifs is 1. The number of carbonyl (C=O) groups excluding carboxylic acids is 1. The molecule has 0 unspecified atom stereocenters. The molecular weight excluding hydrogens is 379 g/mol. The molecule has 0 aliphatic rings. The van der Waals surface area contributed by atoms with E-state index in [0.717, 1.165) is 0 Å². The first kappa shape index (κ1) is 19.6. The molecular formula is C14H14F3N3O5S. The average Bonchev–Trinajstić information content (AvgIpc) is 2.84. The summed E-state index contributed by atoms with van der Waals surface area (Å²) in [6.07, 6.45) is -3.36. The van der Waals surface area contributed by atoms with Crippen molar-refractivity contribution in [1.29, 1.82) is 0 Å². The van der Waals surface area contributed by atoms with Crippen LogP contribution in [0.3, 0.4) is 0 Å². The predicted octanol–water partition coefficient (Wildman–Crippen LogP) is 1.15. The first-order valence-corrected chi connectivity index (χ1v) is 8.75. The number of aliphatic carboxylic acids is 1. The lowest BCUT2D eigenvalue weighted by atomic mass is 10.2. The number of hydrogen-bond acceptors (Lipinski definition) is 4. The third-order valence-corrected chi connectivity index (χ3v) is 4.41. The van der Waals surface area contributed by atoms with Gasteiger partial charge >= 0.3 is 12.1 Å². The number of alkyl halides is 3. The van der Waals surface area contributed by atoms with Gasteiger partial charge < -0.3 is 15.0 Å². The van der Waals surface area contributed by atoms with Crippen molar-refractivity contribution in [2.45, 2.75) is 12.7 Å². The van der Waals surface area contributed by atoms with Crippen molar-refractivity contribution < 1.29 is 36.3 Å². The van der Waals surface area contributed by atoms with Gasteiger partial charge in [-0.05, 0) is 23.6 Å². The summed E-state index contributed by atoms with van der Waals surface area (Å²) in [6, 6.07) is 5.68. The Morgan fingerprint density at radius 3 is 2.50 bits per heavy atom. The molecule has 0 saturated heterocycles. The van der Waals surface area contributed by atoms with Crippen LogP contribution in [0.15, 0.2) is 30.5 Å². The number of halogens is 3. The van der Waals surface area contributed by atoms with Gasteiger partial charge in [-0.25, -0.2) is 8.42 Å². The summed E-state index contributed by atoms with van der Waals surface area (Å²) in [6.45, 7) is -0.796. The van der Waals surface area contributed by atoms with Crippen LogP contribution >= 0.6 is 0 Å². The third-order valence-electron chi connectivity index (χ3n) is 3.15. The van der Waals surface area contributed by atoms with E-state index in [1.165, 1.54) is 29.0 Å². The minimum Gasteiger partial charge on any atom is -0.480 e. The quantitative estimate of drug-likeness (QED) is 0.652. The Bertz CT molecular complexity index is 937. The van der Waals surface area contributed by atoms with Crippen LogP contribution in [0, 0.1) is 0 Å². The van der Waals surface area contributed by atoms with Crippen LogP contribution in [0.4, 0.5) is 18.9 Å². The van der Waals surface area contributed by atoms with E-state index in [-0.39, 0.29) is 12.2 Å². The van der Waals surface area contributed by atoms with E-state index < -0.39 is 40.4 Å². The monoisotopic (exact) mass is 393 g/mol. The Balaban J connectivity index is 2.19. The predicted molar refractivity (Wildman–Crippen MR) is 86.0 cm³/mol. The van der Waals surface area contributed by atoms with Gasteiger partial charge in [-0.3, -0.25) is 14.3 Å². The number of amides is 1. The van der Waals surface area contributed by atoms with Crippen LogP contribution in [-0.4, -0.2) is 48.4 Å². The molecule has 0 saturated carbocycles. The number of carboxylic acid groups (broad SMARTS) is 1. The zero-order valence-corrected chi connectivity index (χ0v) is 13.9. The molecule has 2 rings (SSSR count). The minimum absolute atomic E-state index is 0.0901. The van der Waals surface area contributed by atoms with E-state index >= 15 is 0 Å². The summed E-state index contributed by atoms with van der Waals surface area (Å²) < 4.78 is 63.2. The van der Waals surface area contributed by atoms with E-state index in [4.69, 9.17) is 5.11 Å². The summed E-state index contributed by atoms with van der Waals surface area (Å²) in [5.74, 6) is -3.82. The van der Waals surface area contributed by atoms with E-state index in [9.17, 15) is 31.2 Å². The third kappa shape index (κ3) is 5.65. The van der Waals surface area contributed by atoms with E-state index in [1.54, 1.807) is 6.07 Å². The number of sulfonamides is 1. The Kier molecular flexibility index (Phi) is 5.44. The molecule has 0 fully saturated rings. The van der Waals surface area contributed by atoms with Gasteiger partial charge in [-0.2, -0.15) is 13.2 Å². The molecule has 0 atom stereocenters. The lowest BCUT2D eigenvalue weighted by Crippen LogP contribution is -2.31. The van der Waals surface area contributed by atoms with Gasteiger partial charge in [0.25, 0.3) is 0 Å². The Morgan fingerprint density at radius 2 is 1.88 bits per heavy atom. The molecule has 1 heterocycles. The van der Waals surface area contributed by atoms with Crippen molar-refractivity contribution in [3.05, 3.63) is 30.5 Å². The number of carbonyl (C=O) groups is 2. The van der Waals surface area contributed by atoms with Crippen LogP contribution in [0.2, 0.25) is 0 Å². The fourth-order valence-electron chi connectivity index (χ4n) is 2.20. The number of hydrogen-bond donors (Lipinski definition) is 3. The van der Waals surface area contributed by atoms with Gasteiger partial charge in [0.1, 0.15) is 13.1 Å². The molecule has 0 spiro atoms. The molecule has 0 radical (unpaired) electrons. The van der Waals surface area contributed by atoms with Crippen molar-refractivity contribution >= 4 is 38.5 Å². The second-order valence-electron chi connectivity index (χ2n) is 5.36. The Hall–Kier alpha value is -2.76. The van der Waals surface area contributed by atoms with Crippen molar-refractivity contribution in [3.63, 3.8) is 0 Å². The largest absolute Gasteiger partial charge is 0.480 e. The number of anilines is 1. The summed E-state index contributed by atoms with van der Waals surface area (Å²) in [4.78, 5) is 22.1. The highest BCUT2D eigenvalue weighted by molar-refractivity contribution is 7.92. The average molecular weight is 393 g/mol. The van der Waals surface area contributed by atoms with Crippen molar-refractivity contribution in [3.8, 4) is 0 Å². The van der Waals surface area contributed by atoms with Gasteiger partial charge in [0.2, 0.25) is 15.9 Å². The summed E-state index contributed by atoms with van der Waals surface area (Å²) in [7, 11) is -4.63. The summed E-state index contributed by atoms with van der Waals surface area (Å²) >= 11 is 0. The maximum atomic E-state index is 12.3. The second-order valence-corrected chi connectivity index (χ2v) is 7.09. The normalized spacial score (nSPS) is 12.1. The van der Waals surface area contributed by atoms with Gasteiger partial charge in [-0.1, -0.05) is 6.07 Å². The fraction of sp³-hybridized carbons (Fsp3) is 0.286. The zero-order chi connectivity index (χ0) is 19.5. The maximum Gasteiger partial charge on any atom is 0.404 e. The Morgan fingerprint density at radius 1 is 1.19 bits per heavy atom. The second kappa shape index (κ2) is 7.23. The standard InChI is InChI=1S/C14H14F3N3O5S/c15-14(16,17)8-26(24,25)19-10-2-1-9-3-4-20(11(9)5-10)7-12(21)18-6-13(22)23/h1-5,19H,6-8H2,(H,18,21)(H,22,23). The highest BCUT2D eigenvalue weighted by atomic mass is 32.2. The SMILES string of the molecule is O=C(O)CNC(=O)Cn1ccc2ccc(NS(=O)(=O)CC(F)(F)F)cc21. The van der Waals surface area contributed by atoms with Crippen LogP contribution in [0.1, 0.15) is 0 Å². The lowest BCUT2D eigenvalue weighted by Gasteiger charge is -2.11.